The van der Waals surface area contributed by atoms with Gasteiger partial charge in [-0.15, -0.1) is 0 Å². The van der Waals surface area contributed by atoms with Crippen molar-refractivity contribution in [2.45, 2.75) is 25.4 Å². The Bertz CT molecular complexity index is 370. The van der Waals surface area contributed by atoms with Crippen LogP contribution in [0.5, 0.6) is 0 Å². The lowest BCUT2D eigenvalue weighted by Gasteiger charge is -2.38. The van der Waals surface area contributed by atoms with Gasteiger partial charge < -0.3 is 5.32 Å². The number of nitrogens with zero attached hydrogens (tertiary/aromatic N) is 1. The molecule has 0 spiro atoms. The number of halogens is 1. The first kappa shape index (κ1) is 14.9. The molecule has 102 valence electrons. The van der Waals surface area contributed by atoms with Gasteiger partial charge in [0.25, 0.3) is 0 Å². The minimum absolute atomic E-state index is 0.448. The summed E-state index contributed by atoms with van der Waals surface area (Å²) >= 11 is 7.55. The Labute approximate surface area is 127 Å². The molecule has 0 aliphatic carbocycles. The van der Waals surface area contributed by atoms with E-state index in [-0.39, 0.29) is 0 Å². The second kappa shape index (κ2) is 7.29. The van der Waals surface area contributed by atoms with Gasteiger partial charge in [-0.2, -0.15) is 23.1 Å². The van der Waals surface area contributed by atoms with Crippen molar-refractivity contribution in [1.82, 2.24) is 10.2 Å². The molecule has 0 bridgehead atoms. The number of thioether (sulfide) groups is 1. The third-order valence-electron chi connectivity index (χ3n) is 3.42. The normalized spacial score (nSPS) is 23.2. The van der Waals surface area contributed by atoms with Crippen LogP contribution in [0.4, 0.5) is 0 Å². The number of likely N-dealkylation sites (N-methyl/N-ethyl adjacent to an activating group) is 1. The van der Waals surface area contributed by atoms with Crippen LogP contribution in [0, 0.1) is 0 Å². The maximum Gasteiger partial charge on any atom is 0.0505 e. The molecule has 1 aliphatic rings. The van der Waals surface area contributed by atoms with Gasteiger partial charge in [-0.25, -0.2) is 0 Å². The largest absolute Gasteiger partial charge is 0.309 e. The maximum atomic E-state index is 3.73. The fourth-order valence-electron chi connectivity index (χ4n) is 2.32. The van der Waals surface area contributed by atoms with Crippen molar-refractivity contribution < 1.29 is 0 Å². The Morgan fingerprint density at radius 1 is 1.56 bits per heavy atom. The highest BCUT2D eigenvalue weighted by Gasteiger charge is 2.30. The highest BCUT2D eigenvalue weighted by atomic mass is 79.9. The SMILES string of the molecule is CCCNC(c1cscc1Br)C1CSCCN1C. The molecule has 2 nitrogen and oxygen atoms in total. The number of rotatable bonds is 5. The summed E-state index contributed by atoms with van der Waals surface area (Å²) in [5, 5.41) is 8.20. The van der Waals surface area contributed by atoms with E-state index in [1.54, 1.807) is 11.3 Å². The Morgan fingerprint density at radius 2 is 2.39 bits per heavy atom. The molecule has 0 saturated carbocycles. The summed E-state index contributed by atoms with van der Waals surface area (Å²) in [6, 6.07) is 1.05. The molecule has 1 aliphatic heterocycles. The predicted octanol–water partition coefficient (Wildman–Crippen LogP) is 3.60. The van der Waals surface area contributed by atoms with E-state index in [4.69, 9.17) is 0 Å². The Balaban J connectivity index is 2.16. The summed E-state index contributed by atoms with van der Waals surface area (Å²) in [7, 11) is 2.26. The summed E-state index contributed by atoms with van der Waals surface area (Å²) in [6.07, 6.45) is 1.18. The van der Waals surface area contributed by atoms with E-state index in [0.29, 0.717) is 12.1 Å². The number of thiophene rings is 1. The van der Waals surface area contributed by atoms with Gasteiger partial charge in [-0.3, -0.25) is 4.90 Å². The highest BCUT2D eigenvalue weighted by molar-refractivity contribution is 9.10. The molecule has 5 heteroatoms. The average molecular weight is 349 g/mol. The third-order valence-corrected chi connectivity index (χ3v) is 6.22. The Hall–Kier alpha value is 0.450. The molecule has 0 radical (unpaired) electrons. The lowest BCUT2D eigenvalue weighted by atomic mass is 10.0. The van der Waals surface area contributed by atoms with Gasteiger partial charge in [-0.1, -0.05) is 6.92 Å². The molecule has 2 heterocycles. The van der Waals surface area contributed by atoms with Gasteiger partial charge in [0.2, 0.25) is 0 Å². The van der Waals surface area contributed by atoms with Crippen molar-refractivity contribution in [2.24, 2.45) is 0 Å². The van der Waals surface area contributed by atoms with Gasteiger partial charge in [-0.05, 0) is 46.9 Å². The monoisotopic (exact) mass is 348 g/mol. The summed E-state index contributed by atoms with van der Waals surface area (Å²) in [5.41, 5.74) is 1.42. The van der Waals surface area contributed by atoms with Crippen molar-refractivity contribution >= 4 is 39.0 Å². The first-order valence-electron chi connectivity index (χ1n) is 6.47. The van der Waals surface area contributed by atoms with Crippen LogP contribution >= 0.6 is 39.0 Å². The number of hydrogen-bond donors (Lipinski definition) is 1. The lowest BCUT2D eigenvalue weighted by molar-refractivity contribution is 0.215. The molecule has 2 atom stereocenters. The fraction of sp³-hybridized carbons (Fsp3) is 0.692. The third kappa shape index (κ3) is 3.51. The maximum absolute atomic E-state index is 3.73. The molecular formula is C13H21BrN2S2. The molecule has 1 N–H and O–H groups in total. The van der Waals surface area contributed by atoms with E-state index in [9.17, 15) is 0 Å². The first-order valence-corrected chi connectivity index (χ1v) is 9.36. The number of hydrogen-bond acceptors (Lipinski definition) is 4. The van der Waals surface area contributed by atoms with Crippen molar-refractivity contribution in [2.75, 3.05) is 31.6 Å². The summed E-state index contributed by atoms with van der Waals surface area (Å²) in [6.45, 7) is 4.51. The van der Waals surface area contributed by atoms with Crippen molar-refractivity contribution in [1.29, 1.82) is 0 Å². The minimum Gasteiger partial charge on any atom is -0.309 e. The summed E-state index contributed by atoms with van der Waals surface area (Å²) < 4.78 is 1.25. The summed E-state index contributed by atoms with van der Waals surface area (Å²) in [5.74, 6) is 2.48. The Morgan fingerprint density at radius 3 is 3.00 bits per heavy atom. The standard InChI is InChI=1S/C13H21BrN2S2/c1-3-4-15-13(10-7-18-8-11(10)14)12-9-17-6-5-16(12)2/h7-8,12-13,15H,3-6,9H2,1-2H3. The zero-order valence-electron chi connectivity index (χ0n) is 11.0. The molecule has 1 aromatic heterocycles. The van der Waals surface area contributed by atoms with Crippen LogP contribution in [-0.2, 0) is 0 Å². The topological polar surface area (TPSA) is 15.3 Å². The van der Waals surface area contributed by atoms with E-state index < -0.39 is 0 Å². The van der Waals surface area contributed by atoms with E-state index in [0.717, 1.165) is 6.54 Å². The van der Waals surface area contributed by atoms with E-state index in [2.05, 4.69) is 62.6 Å². The minimum atomic E-state index is 0.448. The second-order valence-electron chi connectivity index (χ2n) is 4.73. The lowest BCUT2D eigenvalue weighted by Crippen LogP contribution is -2.47. The van der Waals surface area contributed by atoms with Crippen molar-refractivity contribution in [3.63, 3.8) is 0 Å². The van der Waals surface area contributed by atoms with Crippen LogP contribution in [-0.4, -0.2) is 42.6 Å². The highest BCUT2D eigenvalue weighted by Crippen LogP contribution is 2.33. The quantitative estimate of drug-likeness (QED) is 0.874. The van der Waals surface area contributed by atoms with Gasteiger partial charge >= 0.3 is 0 Å². The molecule has 2 rings (SSSR count). The molecule has 0 amide bonds. The smallest absolute Gasteiger partial charge is 0.0505 e. The zero-order valence-corrected chi connectivity index (χ0v) is 14.2. The van der Waals surface area contributed by atoms with Crippen LogP contribution in [0.1, 0.15) is 24.9 Å². The molecule has 1 saturated heterocycles. The molecule has 18 heavy (non-hydrogen) atoms. The van der Waals surface area contributed by atoms with Crippen molar-refractivity contribution in [3.8, 4) is 0 Å². The van der Waals surface area contributed by atoms with Gasteiger partial charge in [0.1, 0.15) is 0 Å². The predicted molar refractivity (Wildman–Crippen MR) is 86.8 cm³/mol. The molecule has 1 fully saturated rings. The average Bonchev–Trinajstić information content (AvgIpc) is 2.78. The van der Waals surface area contributed by atoms with E-state index >= 15 is 0 Å². The molecule has 2 unspecified atom stereocenters. The second-order valence-corrected chi connectivity index (χ2v) is 7.48. The van der Waals surface area contributed by atoms with Gasteiger partial charge in [0.15, 0.2) is 0 Å². The van der Waals surface area contributed by atoms with Crippen LogP contribution in [0.2, 0.25) is 0 Å². The first-order chi connectivity index (χ1) is 8.74. The summed E-state index contributed by atoms with van der Waals surface area (Å²) in [4.78, 5) is 2.51. The fourth-order valence-corrected chi connectivity index (χ4v) is 5.18. The molecule has 1 aromatic rings. The van der Waals surface area contributed by atoms with Gasteiger partial charge in [0.05, 0.1) is 6.04 Å². The van der Waals surface area contributed by atoms with E-state index in [1.165, 1.54) is 34.5 Å². The van der Waals surface area contributed by atoms with Crippen molar-refractivity contribution in [3.05, 3.63) is 20.8 Å². The number of nitrogens with one attached hydrogen (secondary N) is 1. The van der Waals surface area contributed by atoms with Gasteiger partial charge in [0, 0.05) is 33.9 Å². The van der Waals surface area contributed by atoms with Crippen LogP contribution in [0.3, 0.4) is 0 Å². The molecule has 0 aromatic carbocycles. The zero-order chi connectivity index (χ0) is 13.0. The molecular weight excluding hydrogens is 328 g/mol. The van der Waals surface area contributed by atoms with Crippen LogP contribution in [0.15, 0.2) is 15.2 Å². The van der Waals surface area contributed by atoms with Crippen LogP contribution in [0.25, 0.3) is 0 Å². The van der Waals surface area contributed by atoms with E-state index in [1.807, 2.05) is 0 Å². The Kier molecular flexibility index (Phi) is 6.01. The van der Waals surface area contributed by atoms with Crippen LogP contribution < -0.4 is 5.32 Å².